The van der Waals surface area contributed by atoms with Crippen LogP contribution in [0.1, 0.15) is 5.69 Å². The number of fused-ring (bicyclic) bond motifs is 2. The zero-order valence-electron chi connectivity index (χ0n) is 25.8. The summed E-state index contributed by atoms with van der Waals surface area (Å²) in [4.78, 5) is 12.2. The Kier molecular flexibility index (Phi) is 7.23. The van der Waals surface area contributed by atoms with Crippen molar-refractivity contribution in [1.82, 2.24) is 9.97 Å². The van der Waals surface area contributed by atoms with Gasteiger partial charge in [0.05, 0.1) is 0 Å². The molecule has 0 aliphatic rings. The Labute approximate surface area is 278 Å². The van der Waals surface area contributed by atoms with Gasteiger partial charge in [0.15, 0.2) is 0 Å². The van der Waals surface area contributed by atoms with Crippen LogP contribution in [0.3, 0.4) is 0 Å². The van der Waals surface area contributed by atoms with Gasteiger partial charge >= 0.3 is 0 Å². The second kappa shape index (κ2) is 12.1. The lowest BCUT2D eigenvalue weighted by atomic mass is 9.84. The number of hydrogen-bond donors (Lipinski definition) is 0. The van der Waals surface area contributed by atoms with E-state index in [-0.39, 0.29) is 0 Å². The second-order valence-corrected chi connectivity index (χ2v) is 11.6. The Morgan fingerprint density at radius 1 is 0.458 bits per heavy atom. The minimum absolute atomic E-state index is 0.399. The van der Waals surface area contributed by atoms with Gasteiger partial charge < -0.3 is 4.85 Å². The van der Waals surface area contributed by atoms with Crippen LogP contribution in [0.4, 0.5) is 5.82 Å². The van der Waals surface area contributed by atoms with E-state index in [4.69, 9.17) is 6.57 Å². The smallest absolute Gasteiger partial charge is 0.277 e. The summed E-state index contributed by atoms with van der Waals surface area (Å²) in [6.07, 6.45) is 3.31. The van der Waals surface area contributed by atoms with Crippen molar-refractivity contribution in [2.24, 2.45) is 0 Å². The molecule has 0 fully saturated rings. The van der Waals surface area contributed by atoms with Crippen LogP contribution in [0.2, 0.25) is 0 Å². The molecule has 4 heteroatoms. The number of nitriles is 1. The van der Waals surface area contributed by atoms with E-state index in [1.165, 1.54) is 0 Å². The average Bonchev–Trinajstić information content (AvgIpc) is 3.17. The summed E-state index contributed by atoms with van der Waals surface area (Å²) in [6, 6.07) is 52.6. The van der Waals surface area contributed by atoms with Crippen LogP contribution in [-0.4, -0.2) is 9.97 Å². The van der Waals surface area contributed by atoms with Gasteiger partial charge in [-0.15, -0.1) is 4.98 Å². The molecule has 222 valence electrons. The van der Waals surface area contributed by atoms with E-state index in [9.17, 15) is 5.26 Å². The molecule has 6 aromatic carbocycles. The molecule has 0 bridgehead atoms. The molecule has 2 aromatic heterocycles. The lowest BCUT2D eigenvalue weighted by Crippen LogP contribution is -1.92. The predicted molar refractivity (Wildman–Crippen MR) is 195 cm³/mol. The summed E-state index contributed by atoms with van der Waals surface area (Å²) in [5.74, 6) is 0.399. The van der Waals surface area contributed by atoms with Crippen LogP contribution < -0.4 is 0 Å². The summed E-state index contributed by atoms with van der Waals surface area (Å²) in [5, 5.41) is 14.3. The Balaban J connectivity index is 1.37. The fourth-order valence-electron chi connectivity index (χ4n) is 6.68. The largest absolute Gasteiger partial charge is 0.360 e. The van der Waals surface area contributed by atoms with Gasteiger partial charge in [0.2, 0.25) is 0 Å². The molecule has 0 saturated heterocycles. The Morgan fingerprint density at radius 3 is 1.62 bits per heavy atom. The number of nitrogens with zero attached hydrogens (tertiary/aromatic N) is 4. The first kappa shape index (κ1) is 28.6. The lowest BCUT2D eigenvalue weighted by Gasteiger charge is -2.19. The standard InChI is InChI=1S/C44H26N4/c1-46-44-36(14-8-26-48-44)31-17-21-33(22-18-31)43-38-12-6-5-11-37(38)42(39-24-23-34(27-40(39)43)29-9-3-2-4-10-29)32-19-15-30(16-20-32)35-13-7-25-47-41(35)28-45/h2-27H. The van der Waals surface area contributed by atoms with Gasteiger partial charge in [0, 0.05) is 17.3 Å². The molecule has 0 radical (unpaired) electrons. The van der Waals surface area contributed by atoms with Crippen LogP contribution in [0.15, 0.2) is 158 Å². The minimum Gasteiger partial charge on any atom is -0.360 e. The van der Waals surface area contributed by atoms with Crippen molar-refractivity contribution in [1.29, 1.82) is 5.26 Å². The van der Waals surface area contributed by atoms with Gasteiger partial charge in [-0.2, -0.15) is 5.26 Å². The number of rotatable bonds is 5. The van der Waals surface area contributed by atoms with Gasteiger partial charge in [-0.3, -0.25) is 0 Å². The Morgan fingerprint density at radius 2 is 0.979 bits per heavy atom. The summed E-state index contributed by atoms with van der Waals surface area (Å²) >= 11 is 0. The van der Waals surface area contributed by atoms with Crippen molar-refractivity contribution in [2.45, 2.75) is 0 Å². The van der Waals surface area contributed by atoms with E-state index in [0.717, 1.165) is 77.2 Å². The first-order valence-corrected chi connectivity index (χ1v) is 15.7. The van der Waals surface area contributed by atoms with Crippen molar-refractivity contribution in [2.75, 3.05) is 0 Å². The van der Waals surface area contributed by atoms with Crippen LogP contribution in [-0.2, 0) is 0 Å². The number of hydrogen-bond acceptors (Lipinski definition) is 3. The monoisotopic (exact) mass is 610 g/mol. The van der Waals surface area contributed by atoms with Gasteiger partial charge in [0.25, 0.3) is 5.82 Å². The average molecular weight is 611 g/mol. The van der Waals surface area contributed by atoms with Crippen molar-refractivity contribution in [3.05, 3.63) is 175 Å². The molecule has 8 aromatic rings. The number of benzene rings is 6. The third-order valence-corrected chi connectivity index (χ3v) is 8.91. The van der Waals surface area contributed by atoms with E-state index in [1.54, 1.807) is 12.4 Å². The highest BCUT2D eigenvalue weighted by Gasteiger charge is 2.18. The molecule has 0 unspecified atom stereocenters. The van der Waals surface area contributed by atoms with Crippen LogP contribution in [0.25, 0.3) is 82.0 Å². The minimum atomic E-state index is 0.399. The zero-order valence-corrected chi connectivity index (χ0v) is 25.8. The van der Waals surface area contributed by atoms with Crippen LogP contribution in [0, 0.1) is 17.9 Å². The molecule has 2 heterocycles. The third kappa shape index (κ3) is 4.95. The molecule has 48 heavy (non-hydrogen) atoms. The summed E-state index contributed by atoms with van der Waals surface area (Å²) in [5.41, 5.74) is 10.8. The molecule has 0 N–H and O–H groups in total. The SMILES string of the molecule is [C-]#[N+]c1ncccc1-c1ccc(-c2c3ccccc3c(-c3ccc(-c4cccnc4C#N)cc3)c3ccc(-c4ccccc4)cc23)cc1. The maximum atomic E-state index is 9.64. The van der Waals surface area contributed by atoms with Gasteiger partial charge in [0.1, 0.15) is 18.0 Å². The van der Waals surface area contributed by atoms with Gasteiger partial charge in [-0.1, -0.05) is 128 Å². The Hall–Kier alpha value is -6.88. The summed E-state index contributed by atoms with van der Waals surface area (Å²) < 4.78 is 0. The summed E-state index contributed by atoms with van der Waals surface area (Å²) in [7, 11) is 0. The third-order valence-electron chi connectivity index (χ3n) is 8.91. The highest BCUT2D eigenvalue weighted by molar-refractivity contribution is 6.22. The molecular weight excluding hydrogens is 585 g/mol. The first-order chi connectivity index (χ1) is 23.7. The van der Waals surface area contributed by atoms with E-state index in [1.807, 2.05) is 30.3 Å². The fourth-order valence-corrected chi connectivity index (χ4v) is 6.68. The van der Waals surface area contributed by atoms with Crippen molar-refractivity contribution < 1.29 is 0 Å². The van der Waals surface area contributed by atoms with E-state index in [2.05, 4.69) is 136 Å². The van der Waals surface area contributed by atoms with Crippen LogP contribution in [0.5, 0.6) is 0 Å². The highest BCUT2D eigenvalue weighted by atomic mass is 14.9. The molecule has 4 nitrogen and oxygen atoms in total. The molecule has 0 saturated carbocycles. The Bertz CT molecular complexity index is 2560. The quantitative estimate of drug-likeness (QED) is 0.144. The number of aromatic nitrogens is 2. The van der Waals surface area contributed by atoms with Crippen molar-refractivity contribution in [3.63, 3.8) is 0 Å². The van der Waals surface area contributed by atoms with Gasteiger partial charge in [-0.25, -0.2) is 4.98 Å². The van der Waals surface area contributed by atoms with Crippen molar-refractivity contribution >= 4 is 27.4 Å². The maximum Gasteiger partial charge on any atom is 0.277 e. The number of pyridine rings is 2. The molecule has 0 aliphatic heterocycles. The highest BCUT2D eigenvalue weighted by Crippen LogP contribution is 2.45. The lowest BCUT2D eigenvalue weighted by molar-refractivity contribution is 1.26. The fraction of sp³-hybridized carbons (Fsp3) is 0. The zero-order chi connectivity index (χ0) is 32.5. The predicted octanol–water partition coefficient (Wildman–Crippen LogP) is 11.5. The molecule has 0 atom stereocenters. The molecule has 8 rings (SSSR count). The molecule has 0 amide bonds. The van der Waals surface area contributed by atoms with E-state index >= 15 is 0 Å². The second-order valence-electron chi connectivity index (χ2n) is 11.6. The normalized spacial score (nSPS) is 10.9. The molecule has 0 spiro atoms. The molecule has 0 aliphatic carbocycles. The van der Waals surface area contributed by atoms with Crippen molar-refractivity contribution in [3.8, 4) is 61.7 Å². The summed E-state index contributed by atoms with van der Waals surface area (Å²) in [6.45, 7) is 7.59. The van der Waals surface area contributed by atoms with E-state index in [0.29, 0.717) is 11.5 Å². The van der Waals surface area contributed by atoms with E-state index < -0.39 is 0 Å². The topological polar surface area (TPSA) is 53.9 Å². The first-order valence-electron chi connectivity index (χ1n) is 15.7. The molecular formula is C44H26N4. The maximum absolute atomic E-state index is 9.64. The van der Waals surface area contributed by atoms with Crippen LogP contribution >= 0.6 is 0 Å². The van der Waals surface area contributed by atoms with Gasteiger partial charge in [-0.05, 0) is 90.3 Å².